The summed E-state index contributed by atoms with van der Waals surface area (Å²) in [5, 5.41) is 26.4. The van der Waals surface area contributed by atoms with Crippen molar-refractivity contribution < 1.29 is 19.8 Å². The molecule has 2 amide bonds. The summed E-state index contributed by atoms with van der Waals surface area (Å²) in [6.07, 6.45) is -0.418. The number of rotatable bonds is 8. The Morgan fingerprint density at radius 3 is 1.31 bits per heavy atom. The van der Waals surface area contributed by atoms with Crippen molar-refractivity contribution in [2.75, 3.05) is 0 Å². The average Bonchev–Trinajstić information content (AvgIpc) is 2.64. The van der Waals surface area contributed by atoms with Crippen molar-refractivity contribution in [3.8, 4) is 0 Å². The summed E-state index contributed by atoms with van der Waals surface area (Å²) in [7, 11) is 0. The van der Waals surface area contributed by atoms with Crippen molar-refractivity contribution in [3.63, 3.8) is 0 Å². The van der Waals surface area contributed by atoms with Gasteiger partial charge in [-0.3, -0.25) is 9.59 Å². The molecular weight excluding hydrogens is 368 g/mol. The Labute approximate surface area is 172 Å². The van der Waals surface area contributed by atoms with Crippen LogP contribution in [-0.2, 0) is 9.59 Å². The van der Waals surface area contributed by atoms with Gasteiger partial charge in [-0.2, -0.15) is 0 Å². The fraction of sp³-hybridized carbons (Fsp3) is 0.391. The fourth-order valence-electron chi connectivity index (χ4n) is 3.20. The van der Waals surface area contributed by atoms with E-state index in [9.17, 15) is 19.8 Å². The molecule has 2 aromatic carbocycles. The topological polar surface area (TPSA) is 98.7 Å². The second-order valence-corrected chi connectivity index (χ2v) is 8.31. The summed E-state index contributed by atoms with van der Waals surface area (Å²) >= 11 is 0. The molecule has 0 aliphatic rings. The van der Waals surface area contributed by atoms with Crippen molar-refractivity contribution in [3.05, 3.63) is 71.8 Å². The molecule has 29 heavy (non-hydrogen) atoms. The van der Waals surface area contributed by atoms with Crippen LogP contribution in [0.2, 0.25) is 0 Å². The zero-order valence-corrected chi connectivity index (χ0v) is 17.3. The molecule has 6 heteroatoms. The van der Waals surface area contributed by atoms with Gasteiger partial charge in [0.2, 0.25) is 11.8 Å². The summed E-state index contributed by atoms with van der Waals surface area (Å²) in [4.78, 5) is 25.0. The lowest BCUT2D eigenvalue weighted by Gasteiger charge is -2.32. The Hall–Kier alpha value is -2.70. The van der Waals surface area contributed by atoms with Crippen LogP contribution in [0.4, 0.5) is 0 Å². The van der Waals surface area contributed by atoms with E-state index in [-0.39, 0.29) is 0 Å². The van der Waals surface area contributed by atoms with Gasteiger partial charge < -0.3 is 20.8 Å². The molecule has 0 saturated carbocycles. The maximum absolute atomic E-state index is 12.5. The average molecular weight is 399 g/mol. The van der Waals surface area contributed by atoms with Crippen LogP contribution >= 0.6 is 0 Å². The molecule has 6 nitrogen and oxygen atoms in total. The molecule has 4 N–H and O–H groups in total. The predicted octanol–water partition coefficient (Wildman–Crippen LogP) is 2.63. The highest BCUT2D eigenvalue weighted by Crippen LogP contribution is 2.27. The van der Waals surface area contributed by atoms with E-state index in [1.165, 1.54) is 0 Å². The largest absolute Gasteiger partial charge is 0.388 e. The summed E-state index contributed by atoms with van der Waals surface area (Å²) in [6, 6.07) is 16.9. The third kappa shape index (κ3) is 6.69. The van der Waals surface area contributed by atoms with Crippen LogP contribution in [0, 0.1) is 0 Å². The Balaban J connectivity index is 2.08. The molecule has 0 aliphatic carbocycles. The van der Waals surface area contributed by atoms with E-state index >= 15 is 0 Å². The van der Waals surface area contributed by atoms with Crippen LogP contribution in [0.5, 0.6) is 0 Å². The lowest BCUT2D eigenvalue weighted by molar-refractivity contribution is -0.132. The predicted molar refractivity (Wildman–Crippen MR) is 112 cm³/mol. The molecule has 0 saturated heterocycles. The highest BCUT2D eigenvalue weighted by Gasteiger charge is 2.32. The van der Waals surface area contributed by atoms with E-state index in [2.05, 4.69) is 10.6 Å². The second-order valence-electron chi connectivity index (χ2n) is 8.31. The highest BCUT2D eigenvalue weighted by molar-refractivity contribution is 5.97. The number of nitrogens with one attached hydrogen (secondary N) is 2. The summed E-state index contributed by atoms with van der Waals surface area (Å²) in [5.41, 5.74) is -0.944. The number of hydrogen-bond acceptors (Lipinski definition) is 4. The van der Waals surface area contributed by atoms with Crippen LogP contribution < -0.4 is 10.6 Å². The van der Waals surface area contributed by atoms with Gasteiger partial charge in [0.05, 0.1) is 23.3 Å². The van der Waals surface area contributed by atoms with Gasteiger partial charge >= 0.3 is 0 Å². The quantitative estimate of drug-likeness (QED) is 0.514. The van der Waals surface area contributed by atoms with Gasteiger partial charge in [-0.15, -0.1) is 0 Å². The van der Waals surface area contributed by atoms with Crippen molar-refractivity contribution in [2.24, 2.45) is 0 Å². The second kappa shape index (κ2) is 9.20. The van der Waals surface area contributed by atoms with Gasteiger partial charge in [0.15, 0.2) is 0 Å². The fourth-order valence-corrected chi connectivity index (χ4v) is 3.20. The van der Waals surface area contributed by atoms with Crippen LogP contribution in [0.3, 0.4) is 0 Å². The molecule has 0 heterocycles. The molecule has 2 rings (SSSR count). The number of aliphatic hydroxyl groups is 2. The highest BCUT2D eigenvalue weighted by atomic mass is 16.3. The Morgan fingerprint density at radius 1 is 0.724 bits per heavy atom. The number of benzene rings is 2. The molecule has 0 aromatic heterocycles. The van der Waals surface area contributed by atoms with Crippen LogP contribution in [0.25, 0.3) is 0 Å². The Bertz CT molecular complexity index is 739. The first-order valence-corrected chi connectivity index (χ1v) is 9.62. The summed E-state index contributed by atoms with van der Waals surface area (Å²) in [5.74, 6) is -1.03. The van der Waals surface area contributed by atoms with Crippen LogP contribution in [0.1, 0.15) is 57.3 Å². The number of amides is 2. The summed E-state index contributed by atoms with van der Waals surface area (Å²) in [6.45, 7) is 6.41. The molecule has 0 spiro atoms. The van der Waals surface area contributed by atoms with Crippen molar-refractivity contribution in [1.29, 1.82) is 0 Å². The minimum atomic E-state index is -1.22. The lowest BCUT2D eigenvalue weighted by atomic mass is 9.91. The maximum atomic E-state index is 12.5. The van der Waals surface area contributed by atoms with Crippen LogP contribution in [-0.4, -0.2) is 33.2 Å². The minimum Gasteiger partial charge on any atom is -0.388 e. The molecule has 2 unspecified atom stereocenters. The third-order valence-corrected chi connectivity index (χ3v) is 4.61. The maximum Gasteiger partial charge on any atom is 0.230 e. The van der Waals surface area contributed by atoms with E-state index < -0.39 is 41.5 Å². The molecule has 2 aromatic rings. The van der Waals surface area contributed by atoms with E-state index in [0.717, 1.165) is 11.1 Å². The Morgan fingerprint density at radius 2 is 1.03 bits per heavy atom. The van der Waals surface area contributed by atoms with E-state index in [0.29, 0.717) is 0 Å². The molecule has 0 radical (unpaired) electrons. The van der Waals surface area contributed by atoms with Gasteiger partial charge in [0.25, 0.3) is 0 Å². The van der Waals surface area contributed by atoms with Crippen LogP contribution in [0.15, 0.2) is 60.7 Å². The Kier molecular flexibility index (Phi) is 7.16. The number of hydrogen-bond donors (Lipinski definition) is 4. The number of carbonyl (C=O) groups excluding carboxylic acids is 2. The van der Waals surface area contributed by atoms with Gasteiger partial charge in [-0.25, -0.2) is 0 Å². The normalized spacial score (nSPS) is 14.0. The first-order chi connectivity index (χ1) is 13.5. The van der Waals surface area contributed by atoms with Crippen molar-refractivity contribution in [1.82, 2.24) is 10.6 Å². The number of carbonyl (C=O) groups is 2. The van der Waals surface area contributed by atoms with Crippen molar-refractivity contribution >= 4 is 11.8 Å². The minimum absolute atomic E-state index is 0.418. The zero-order chi connectivity index (χ0) is 21.7. The molecule has 156 valence electrons. The third-order valence-electron chi connectivity index (χ3n) is 4.61. The first-order valence-electron chi connectivity index (χ1n) is 9.62. The standard InChI is InChI=1S/C23H30N2O4/c1-22(2,28)20(16-11-7-5-8-12-16)24-18(26)15-19(27)25-21(23(3,4)29)17-13-9-6-10-14-17/h5-14,20-21,28-29H,15H2,1-4H3,(H,24,26)(H,25,27). The first kappa shape index (κ1) is 22.6. The smallest absolute Gasteiger partial charge is 0.230 e. The van der Waals surface area contributed by atoms with Gasteiger partial charge in [0.1, 0.15) is 6.42 Å². The molecule has 2 atom stereocenters. The molecule has 0 bridgehead atoms. The van der Waals surface area contributed by atoms with Gasteiger partial charge in [-0.05, 0) is 38.8 Å². The monoisotopic (exact) mass is 398 g/mol. The molecular formula is C23H30N2O4. The molecule has 0 aliphatic heterocycles. The van der Waals surface area contributed by atoms with Crippen molar-refractivity contribution in [2.45, 2.75) is 57.4 Å². The summed E-state index contributed by atoms with van der Waals surface area (Å²) < 4.78 is 0. The lowest BCUT2D eigenvalue weighted by Crippen LogP contribution is -2.46. The van der Waals surface area contributed by atoms with E-state index in [1.807, 2.05) is 60.7 Å². The van der Waals surface area contributed by atoms with Gasteiger partial charge in [-0.1, -0.05) is 60.7 Å². The van der Waals surface area contributed by atoms with E-state index in [1.54, 1.807) is 27.7 Å². The zero-order valence-electron chi connectivity index (χ0n) is 17.3. The van der Waals surface area contributed by atoms with E-state index in [4.69, 9.17) is 0 Å². The SMILES string of the molecule is CC(C)(O)C(NC(=O)CC(=O)NC(c1ccccc1)C(C)(C)O)c1ccccc1. The van der Waals surface area contributed by atoms with Gasteiger partial charge in [0, 0.05) is 0 Å². The molecule has 0 fully saturated rings.